The van der Waals surface area contributed by atoms with Gasteiger partial charge in [-0.25, -0.2) is 18.1 Å². The molecule has 1 heterocycles. The van der Waals surface area contributed by atoms with Crippen molar-refractivity contribution in [2.45, 2.75) is 45.6 Å². The van der Waals surface area contributed by atoms with Crippen LogP contribution in [0.2, 0.25) is 0 Å². The summed E-state index contributed by atoms with van der Waals surface area (Å²) in [4.78, 5) is 4.33. The molecule has 1 N–H and O–H groups in total. The summed E-state index contributed by atoms with van der Waals surface area (Å²) in [6, 6.07) is 6.38. The lowest BCUT2D eigenvalue weighted by molar-refractivity contribution is 0.289. The summed E-state index contributed by atoms with van der Waals surface area (Å²) >= 11 is 0. The Morgan fingerprint density at radius 2 is 1.88 bits per heavy atom. The van der Waals surface area contributed by atoms with Gasteiger partial charge in [0.1, 0.15) is 11.5 Å². The monoisotopic (exact) mass is 352 g/mol. The molecule has 0 saturated carbocycles. The zero-order valence-electron chi connectivity index (χ0n) is 14.5. The first-order valence-electron chi connectivity index (χ1n) is 7.93. The van der Waals surface area contributed by atoms with E-state index < -0.39 is 10.0 Å². The van der Waals surface area contributed by atoms with E-state index in [2.05, 4.69) is 23.6 Å². The van der Waals surface area contributed by atoms with Crippen molar-refractivity contribution in [2.24, 2.45) is 5.92 Å². The van der Waals surface area contributed by atoms with Gasteiger partial charge >= 0.3 is 0 Å². The van der Waals surface area contributed by atoms with Gasteiger partial charge in [0.15, 0.2) is 0 Å². The van der Waals surface area contributed by atoms with Crippen LogP contribution in [0.3, 0.4) is 0 Å². The van der Waals surface area contributed by atoms with Crippen molar-refractivity contribution in [3.05, 3.63) is 41.6 Å². The third-order valence-corrected chi connectivity index (χ3v) is 5.00. The SMILES string of the molecule is Cc1nc(CNS(=O)(=O)c2ccc(OCCC(C)C)cc2)oc1C. The summed E-state index contributed by atoms with van der Waals surface area (Å²) < 4.78 is 38.0. The van der Waals surface area contributed by atoms with Crippen molar-refractivity contribution < 1.29 is 17.6 Å². The molecule has 2 rings (SSSR count). The Morgan fingerprint density at radius 3 is 2.42 bits per heavy atom. The van der Waals surface area contributed by atoms with Crippen LogP contribution in [0.15, 0.2) is 33.6 Å². The molecule has 0 unspecified atom stereocenters. The second-order valence-electron chi connectivity index (χ2n) is 6.08. The van der Waals surface area contributed by atoms with Gasteiger partial charge in [-0.15, -0.1) is 0 Å². The zero-order valence-corrected chi connectivity index (χ0v) is 15.3. The summed E-state index contributed by atoms with van der Waals surface area (Å²) in [6.45, 7) is 8.49. The van der Waals surface area contributed by atoms with Crippen molar-refractivity contribution in [2.75, 3.05) is 6.61 Å². The molecule has 0 spiro atoms. The van der Waals surface area contributed by atoms with Crippen molar-refractivity contribution >= 4 is 10.0 Å². The van der Waals surface area contributed by atoms with Crippen LogP contribution in [0.25, 0.3) is 0 Å². The number of aromatic nitrogens is 1. The van der Waals surface area contributed by atoms with Gasteiger partial charge in [-0.2, -0.15) is 0 Å². The van der Waals surface area contributed by atoms with Gasteiger partial charge in [0.05, 0.1) is 23.7 Å². The molecule has 24 heavy (non-hydrogen) atoms. The van der Waals surface area contributed by atoms with E-state index in [1.807, 2.05) is 6.92 Å². The van der Waals surface area contributed by atoms with Gasteiger partial charge in [0.25, 0.3) is 0 Å². The summed E-state index contributed by atoms with van der Waals surface area (Å²) in [5.41, 5.74) is 0.757. The molecule has 0 saturated heterocycles. The Hall–Kier alpha value is -1.86. The Balaban J connectivity index is 1.96. The zero-order chi connectivity index (χ0) is 17.7. The van der Waals surface area contributed by atoms with Crippen molar-refractivity contribution in [3.8, 4) is 5.75 Å². The third kappa shape index (κ3) is 5.07. The molecule has 0 atom stereocenters. The van der Waals surface area contributed by atoms with Crippen LogP contribution < -0.4 is 9.46 Å². The number of oxazole rings is 1. The van der Waals surface area contributed by atoms with Crippen LogP contribution in [-0.4, -0.2) is 20.0 Å². The molecule has 0 bridgehead atoms. The fourth-order valence-electron chi connectivity index (χ4n) is 1.98. The molecule has 0 aliphatic carbocycles. The van der Waals surface area contributed by atoms with Gasteiger partial charge in [0.2, 0.25) is 15.9 Å². The molecule has 7 heteroatoms. The smallest absolute Gasteiger partial charge is 0.241 e. The maximum absolute atomic E-state index is 12.3. The van der Waals surface area contributed by atoms with Gasteiger partial charge in [0, 0.05) is 0 Å². The second kappa shape index (κ2) is 7.81. The number of ether oxygens (including phenoxy) is 1. The van der Waals surface area contributed by atoms with E-state index in [9.17, 15) is 8.42 Å². The molecule has 0 aliphatic heterocycles. The van der Waals surface area contributed by atoms with E-state index in [-0.39, 0.29) is 11.4 Å². The van der Waals surface area contributed by atoms with Gasteiger partial charge in [-0.3, -0.25) is 0 Å². The lowest BCUT2D eigenvalue weighted by Crippen LogP contribution is -2.23. The molecule has 6 nitrogen and oxygen atoms in total. The Bertz CT molecular complexity index is 745. The fraction of sp³-hybridized carbons (Fsp3) is 0.471. The number of rotatable bonds is 8. The normalized spacial score (nSPS) is 11.9. The maximum Gasteiger partial charge on any atom is 0.241 e. The maximum atomic E-state index is 12.3. The van der Waals surface area contributed by atoms with Crippen molar-refractivity contribution in [1.29, 1.82) is 0 Å². The van der Waals surface area contributed by atoms with Crippen LogP contribution in [0.4, 0.5) is 0 Å². The lowest BCUT2D eigenvalue weighted by atomic mass is 10.1. The lowest BCUT2D eigenvalue weighted by Gasteiger charge is -2.09. The molecule has 0 aliphatic rings. The highest BCUT2D eigenvalue weighted by molar-refractivity contribution is 7.89. The van der Waals surface area contributed by atoms with Crippen molar-refractivity contribution in [1.82, 2.24) is 9.71 Å². The largest absolute Gasteiger partial charge is 0.494 e. The van der Waals surface area contributed by atoms with Crippen LogP contribution >= 0.6 is 0 Å². The van der Waals surface area contributed by atoms with Crippen molar-refractivity contribution in [3.63, 3.8) is 0 Å². The number of nitrogens with zero attached hydrogens (tertiary/aromatic N) is 1. The molecular weight excluding hydrogens is 328 g/mol. The van der Waals surface area contributed by atoms with E-state index in [1.54, 1.807) is 19.1 Å². The topological polar surface area (TPSA) is 81.4 Å². The number of sulfonamides is 1. The van der Waals surface area contributed by atoms with E-state index in [0.717, 1.165) is 12.1 Å². The minimum atomic E-state index is -3.62. The summed E-state index contributed by atoms with van der Waals surface area (Å²) in [5.74, 6) is 2.26. The van der Waals surface area contributed by atoms with Gasteiger partial charge in [-0.1, -0.05) is 13.8 Å². The van der Waals surface area contributed by atoms with Crippen LogP contribution in [0.1, 0.15) is 37.6 Å². The third-order valence-electron chi connectivity index (χ3n) is 3.58. The van der Waals surface area contributed by atoms with Crippen LogP contribution in [0.5, 0.6) is 5.75 Å². The average molecular weight is 352 g/mol. The first-order valence-corrected chi connectivity index (χ1v) is 9.41. The first-order chi connectivity index (χ1) is 11.3. The molecule has 0 amide bonds. The highest BCUT2D eigenvalue weighted by Gasteiger charge is 2.16. The van der Waals surface area contributed by atoms with Crippen LogP contribution in [-0.2, 0) is 16.6 Å². The fourth-order valence-corrected chi connectivity index (χ4v) is 2.96. The van der Waals surface area contributed by atoms with E-state index in [1.165, 1.54) is 12.1 Å². The Labute approximate surface area is 143 Å². The molecule has 0 radical (unpaired) electrons. The molecule has 1 aromatic carbocycles. The summed E-state index contributed by atoms with van der Waals surface area (Å²) in [5, 5.41) is 0. The highest BCUT2D eigenvalue weighted by Crippen LogP contribution is 2.17. The standard InChI is InChI=1S/C17H24N2O4S/c1-12(2)9-10-22-15-5-7-16(8-6-15)24(20,21)18-11-17-19-13(3)14(4)23-17/h5-8,12,18H,9-11H2,1-4H3. The predicted octanol–water partition coefficient (Wildman–Crippen LogP) is 3.19. The Kier molecular flexibility index (Phi) is 6.01. The number of hydrogen-bond acceptors (Lipinski definition) is 5. The molecule has 132 valence electrons. The van der Waals surface area contributed by atoms with E-state index >= 15 is 0 Å². The molecule has 0 fully saturated rings. The van der Waals surface area contributed by atoms with E-state index in [4.69, 9.17) is 9.15 Å². The summed E-state index contributed by atoms with van der Waals surface area (Å²) in [6.07, 6.45) is 0.955. The molecule has 2 aromatic rings. The van der Waals surface area contributed by atoms with E-state index in [0.29, 0.717) is 29.9 Å². The average Bonchev–Trinajstić information content (AvgIpc) is 2.84. The van der Waals surface area contributed by atoms with Gasteiger partial charge < -0.3 is 9.15 Å². The number of aryl methyl sites for hydroxylation is 2. The first kappa shape index (κ1) is 18.5. The molecular formula is C17H24N2O4S. The minimum Gasteiger partial charge on any atom is -0.494 e. The minimum absolute atomic E-state index is 0.0175. The quantitative estimate of drug-likeness (QED) is 0.789. The van der Waals surface area contributed by atoms with Crippen LogP contribution in [0, 0.1) is 19.8 Å². The van der Waals surface area contributed by atoms with Gasteiger partial charge in [-0.05, 0) is 50.5 Å². The second-order valence-corrected chi connectivity index (χ2v) is 7.84. The predicted molar refractivity (Wildman–Crippen MR) is 91.4 cm³/mol. The number of benzene rings is 1. The number of nitrogens with one attached hydrogen (secondary N) is 1. The summed E-state index contributed by atoms with van der Waals surface area (Å²) in [7, 11) is -3.62. The molecule has 1 aromatic heterocycles. The highest BCUT2D eigenvalue weighted by atomic mass is 32.2. The Morgan fingerprint density at radius 1 is 1.21 bits per heavy atom. The number of hydrogen-bond donors (Lipinski definition) is 1.